The number of aromatic nitrogens is 8. The van der Waals surface area contributed by atoms with E-state index in [1.165, 1.54) is 35.2 Å². The number of H-pyrrole nitrogens is 1. The highest BCUT2D eigenvalue weighted by atomic mass is 32.5. The third kappa shape index (κ3) is 5.60. The van der Waals surface area contributed by atoms with Gasteiger partial charge in [-0.25, -0.2) is 29.3 Å². The van der Waals surface area contributed by atoms with Crippen LogP contribution in [-0.4, -0.2) is 109 Å². The summed E-state index contributed by atoms with van der Waals surface area (Å²) in [4.78, 5) is 46.8. The van der Waals surface area contributed by atoms with Crippen LogP contribution < -0.4 is 11.3 Å². The number of aromatic amines is 1. The number of imidazole rings is 2. The van der Waals surface area contributed by atoms with Crippen LogP contribution in [0.3, 0.4) is 0 Å². The first-order chi connectivity index (χ1) is 21.9. The SMILES string of the molecule is [B][P@]1(=O)OCC2OC(n3cnc4c(=O)[nH]c(C)nc43)C(OP(O)(=S)OCC3OC(n4cnc5c(N)ncnc54)C(F)C3O1)C2OC. The molecule has 0 aromatic carbocycles. The first kappa shape index (κ1) is 31.8. The highest BCUT2D eigenvalue weighted by molar-refractivity contribution is 8.07. The van der Waals surface area contributed by atoms with E-state index in [1.54, 1.807) is 6.92 Å². The molecule has 0 spiro atoms. The number of fused-ring (bicyclic) bond motifs is 5. The van der Waals surface area contributed by atoms with Crippen molar-refractivity contribution >= 4 is 61.7 Å². The molecular weight excluding hydrogens is 674 g/mol. The second-order valence-electron chi connectivity index (χ2n) is 10.6. The van der Waals surface area contributed by atoms with Crippen molar-refractivity contribution in [3.8, 4) is 0 Å². The number of hydrogen-bond donors (Lipinski definition) is 3. The minimum absolute atomic E-state index is 0.00939. The number of rotatable bonds is 3. The van der Waals surface area contributed by atoms with Gasteiger partial charge < -0.3 is 43.4 Å². The number of ether oxygens (including phenoxy) is 3. The van der Waals surface area contributed by atoms with Gasteiger partial charge in [-0.3, -0.25) is 23.0 Å². The lowest BCUT2D eigenvalue weighted by Gasteiger charge is -2.28. The molecule has 9 unspecified atom stereocenters. The van der Waals surface area contributed by atoms with Crippen LogP contribution in [0.2, 0.25) is 0 Å². The zero-order valence-electron chi connectivity index (χ0n) is 23.9. The molecule has 10 atom stereocenters. The fourth-order valence-corrected chi connectivity index (χ4v) is 8.06. The van der Waals surface area contributed by atoms with Crippen LogP contribution in [0.1, 0.15) is 18.3 Å². The number of anilines is 1. The molecule has 3 aliphatic heterocycles. The van der Waals surface area contributed by atoms with Gasteiger partial charge in [-0.05, 0) is 18.7 Å². The standard InChI is InChI=1S/C22H25BFN9O10P2S/c1-8-30-19-13(20(34)31-8)29-7-33(19)22-16-15(37-2)10(41-22)3-38-44(23,35)42-14-9(4-39-45(36,46)43-16)40-21(11(14)24)32-6-28-12-17(25)26-5-27-18(12)32/h5-7,9-11,14-16,21-22H,3-4H2,1-2H3,(H,36,46)(H2,25,26,27)(H,30,31,34)/t9?,10?,11?,14?,15?,16?,21?,22?,44-,45?/m0/s1. The van der Waals surface area contributed by atoms with Gasteiger partial charge in [0, 0.05) is 7.11 Å². The Hall–Kier alpha value is -2.75. The topological polar surface area (TPSA) is 235 Å². The lowest BCUT2D eigenvalue weighted by molar-refractivity contribution is -0.0592. The Labute approximate surface area is 264 Å². The Morgan fingerprint density at radius 1 is 1.07 bits per heavy atom. The summed E-state index contributed by atoms with van der Waals surface area (Å²) in [5, 5.41) is 0. The highest BCUT2D eigenvalue weighted by Gasteiger charge is 2.53. The van der Waals surface area contributed by atoms with Gasteiger partial charge >= 0.3 is 6.72 Å². The van der Waals surface area contributed by atoms with E-state index in [-0.39, 0.29) is 28.1 Å². The van der Waals surface area contributed by atoms with E-state index >= 15 is 4.39 Å². The molecule has 46 heavy (non-hydrogen) atoms. The molecular formula is C22H25BFN9O10P2S. The second-order valence-corrected chi connectivity index (χ2v) is 14.9. The fraction of sp³-hybridized carbons (Fsp3) is 0.545. The predicted octanol–water partition coefficient (Wildman–Crippen LogP) is 0.309. The maximum absolute atomic E-state index is 16.1. The maximum Gasteiger partial charge on any atom is 0.325 e. The Kier molecular flexibility index (Phi) is 8.13. The van der Waals surface area contributed by atoms with Crippen LogP contribution in [0, 0.1) is 6.92 Å². The molecule has 7 heterocycles. The number of nitrogens with two attached hydrogens (primary N) is 1. The number of nitrogen functional groups attached to an aromatic ring is 1. The van der Waals surface area contributed by atoms with Gasteiger partial charge in [-0.15, -0.1) is 0 Å². The molecule has 4 aromatic rings. The van der Waals surface area contributed by atoms with Gasteiger partial charge in [0.05, 0.1) is 25.9 Å². The molecule has 2 radical (unpaired) electrons. The van der Waals surface area contributed by atoms with Crippen molar-refractivity contribution in [2.75, 3.05) is 26.1 Å². The molecule has 4 aromatic heterocycles. The summed E-state index contributed by atoms with van der Waals surface area (Å²) >= 11 is 5.33. The van der Waals surface area contributed by atoms with Gasteiger partial charge in [-0.2, -0.15) is 0 Å². The van der Waals surface area contributed by atoms with Crippen molar-refractivity contribution in [1.29, 1.82) is 0 Å². The number of nitrogens with zero attached hydrogens (tertiary/aromatic N) is 7. The second kappa shape index (κ2) is 11.7. The van der Waals surface area contributed by atoms with E-state index in [9.17, 15) is 14.3 Å². The summed E-state index contributed by atoms with van der Waals surface area (Å²) in [6.45, 7) is -3.71. The molecule has 0 saturated carbocycles. The smallest absolute Gasteiger partial charge is 0.325 e. The summed E-state index contributed by atoms with van der Waals surface area (Å²) in [6, 6.07) is 0. The Balaban J connectivity index is 1.22. The summed E-state index contributed by atoms with van der Waals surface area (Å²) in [6.07, 6.45) is -7.18. The van der Waals surface area contributed by atoms with Gasteiger partial charge in [0.15, 0.2) is 41.3 Å². The van der Waals surface area contributed by atoms with Crippen molar-refractivity contribution in [3.63, 3.8) is 0 Å². The Bertz CT molecular complexity index is 1970. The van der Waals surface area contributed by atoms with E-state index in [1.807, 2.05) is 0 Å². The zero-order chi connectivity index (χ0) is 32.5. The van der Waals surface area contributed by atoms with Crippen molar-refractivity contribution in [3.05, 3.63) is 35.2 Å². The zero-order valence-corrected chi connectivity index (χ0v) is 26.5. The molecule has 24 heteroatoms. The number of nitrogens with one attached hydrogen (secondary N) is 1. The summed E-state index contributed by atoms with van der Waals surface area (Å²) in [5.41, 5.74) is 5.87. The van der Waals surface area contributed by atoms with E-state index in [0.29, 0.717) is 5.82 Å². The summed E-state index contributed by atoms with van der Waals surface area (Å²) < 4.78 is 72.4. The minimum atomic E-state index is -4.53. The van der Waals surface area contributed by atoms with E-state index in [0.717, 1.165) is 0 Å². The number of halogens is 1. The lowest BCUT2D eigenvalue weighted by Crippen LogP contribution is -2.37. The average molecular weight is 699 g/mol. The van der Waals surface area contributed by atoms with Gasteiger partial charge in [0.1, 0.15) is 48.2 Å². The first-order valence-electron chi connectivity index (χ1n) is 13.6. The van der Waals surface area contributed by atoms with Crippen LogP contribution in [0.4, 0.5) is 10.2 Å². The Morgan fingerprint density at radius 3 is 2.52 bits per heavy atom. The number of methoxy groups -OCH3 is 1. The van der Waals surface area contributed by atoms with Gasteiger partial charge in [0.2, 0.25) is 7.57 Å². The van der Waals surface area contributed by atoms with Crippen LogP contribution in [0.15, 0.2) is 23.8 Å². The lowest BCUT2D eigenvalue weighted by atomic mass is 10.1. The van der Waals surface area contributed by atoms with E-state index in [2.05, 4.69) is 29.9 Å². The monoisotopic (exact) mass is 699 g/mol. The van der Waals surface area contributed by atoms with Crippen molar-refractivity contribution in [2.24, 2.45) is 0 Å². The Morgan fingerprint density at radius 2 is 1.76 bits per heavy atom. The molecule has 2 bridgehead atoms. The highest BCUT2D eigenvalue weighted by Crippen LogP contribution is 2.54. The molecule has 3 fully saturated rings. The van der Waals surface area contributed by atoms with Crippen molar-refractivity contribution in [2.45, 2.75) is 56.1 Å². The van der Waals surface area contributed by atoms with E-state index in [4.69, 9.17) is 57.4 Å². The van der Waals surface area contributed by atoms with Gasteiger partial charge in [-0.1, -0.05) is 0 Å². The average Bonchev–Trinajstić information content (AvgIpc) is 3.75. The van der Waals surface area contributed by atoms with Crippen molar-refractivity contribution in [1.82, 2.24) is 39.0 Å². The fourth-order valence-electron chi connectivity index (χ4n) is 5.65. The molecule has 0 amide bonds. The predicted molar refractivity (Wildman–Crippen MR) is 158 cm³/mol. The van der Waals surface area contributed by atoms with E-state index < -0.39 is 82.1 Å². The molecule has 244 valence electrons. The molecule has 3 aliphatic rings. The summed E-state index contributed by atoms with van der Waals surface area (Å²) in [5.74, 6) is 0.357. The maximum atomic E-state index is 16.1. The normalized spacial score (nSPS) is 37.1. The molecule has 3 saturated heterocycles. The number of aryl methyl sites for hydroxylation is 1. The number of alkyl halides is 1. The largest absolute Gasteiger partial charge is 0.382 e. The molecule has 0 aliphatic carbocycles. The third-order valence-corrected chi connectivity index (χ3v) is 10.3. The van der Waals surface area contributed by atoms with Crippen molar-refractivity contribution < 1.29 is 46.2 Å². The van der Waals surface area contributed by atoms with Crippen LogP contribution in [0.25, 0.3) is 22.3 Å². The number of hydrogen-bond acceptors (Lipinski definition) is 16. The van der Waals surface area contributed by atoms with Crippen LogP contribution >= 0.6 is 14.2 Å². The van der Waals surface area contributed by atoms with Crippen LogP contribution in [-0.2, 0) is 48.7 Å². The third-order valence-electron chi connectivity index (χ3n) is 7.65. The summed E-state index contributed by atoms with van der Waals surface area (Å²) in [7, 11) is 2.74. The minimum Gasteiger partial charge on any atom is -0.382 e. The van der Waals surface area contributed by atoms with Crippen LogP contribution in [0.5, 0.6) is 0 Å². The quantitative estimate of drug-likeness (QED) is 0.193. The first-order valence-corrected chi connectivity index (χ1v) is 17.8. The molecule has 7 rings (SSSR count). The molecule has 4 N–H and O–H groups in total. The molecule has 19 nitrogen and oxygen atoms in total. The van der Waals surface area contributed by atoms with Gasteiger partial charge in [0.25, 0.3) is 13.0 Å².